The zero-order chi connectivity index (χ0) is 16.8. The van der Waals surface area contributed by atoms with Gasteiger partial charge in [-0.3, -0.25) is 0 Å². The minimum absolute atomic E-state index is 0.267. The van der Waals surface area contributed by atoms with E-state index in [4.69, 9.17) is 54.7 Å². The molecule has 0 atom stereocenters. The topological polar surface area (TPSA) is 53.7 Å². The van der Waals surface area contributed by atoms with E-state index in [2.05, 4.69) is 0 Å². The molecule has 0 amide bonds. The second-order valence-corrected chi connectivity index (χ2v) is 5.84. The minimum atomic E-state index is 0.267. The van der Waals surface area contributed by atoms with Gasteiger partial charge in [0.25, 0.3) is 0 Å². The van der Waals surface area contributed by atoms with Crippen LogP contribution in [-0.4, -0.2) is 20.3 Å². The summed E-state index contributed by atoms with van der Waals surface area (Å²) in [5.74, 6) is 1.61. The molecule has 124 valence electrons. The number of benzene rings is 2. The molecule has 0 bridgehead atoms. The van der Waals surface area contributed by atoms with E-state index in [-0.39, 0.29) is 6.61 Å². The second-order valence-electron chi connectivity index (χ2n) is 4.58. The van der Waals surface area contributed by atoms with Crippen LogP contribution >= 0.6 is 34.8 Å². The highest BCUT2D eigenvalue weighted by atomic mass is 35.5. The van der Waals surface area contributed by atoms with Crippen LogP contribution in [0.2, 0.25) is 15.1 Å². The third kappa shape index (κ3) is 4.82. The third-order valence-electron chi connectivity index (χ3n) is 3.01. The molecule has 0 fully saturated rings. The van der Waals surface area contributed by atoms with E-state index in [1.807, 2.05) is 18.2 Å². The highest BCUT2D eigenvalue weighted by molar-refractivity contribution is 6.40. The van der Waals surface area contributed by atoms with Crippen LogP contribution in [0, 0.1) is 0 Å². The lowest BCUT2D eigenvalue weighted by molar-refractivity contribution is 0.211. The van der Waals surface area contributed by atoms with E-state index in [0.29, 0.717) is 45.5 Å². The van der Waals surface area contributed by atoms with Gasteiger partial charge < -0.3 is 19.9 Å². The molecule has 0 unspecified atom stereocenters. The standard InChI is InChI=1S/C16H16Cl3NO3/c1-21-15-6-10(9-20)2-3-14(15)22-4-5-23-16-12(18)7-11(17)8-13(16)19/h2-3,6-8H,4-5,9,20H2,1H3. The van der Waals surface area contributed by atoms with Crippen molar-refractivity contribution >= 4 is 34.8 Å². The van der Waals surface area contributed by atoms with E-state index in [1.165, 1.54) is 0 Å². The Balaban J connectivity index is 1.93. The summed E-state index contributed by atoms with van der Waals surface area (Å²) in [6, 6.07) is 8.66. The normalized spacial score (nSPS) is 10.5. The zero-order valence-electron chi connectivity index (χ0n) is 12.4. The van der Waals surface area contributed by atoms with E-state index in [9.17, 15) is 0 Å². The van der Waals surface area contributed by atoms with Gasteiger partial charge in [0, 0.05) is 11.6 Å². The lowest BCUT2D eigenvalue weighted by Crippen LogP contribution is -2.10. The molecule has 2 aromatic carbocycles. The van der Waals surface area contributed by atoms with Crippen LogP contribution in [0.15, 0.2) is 30.3 Å². The fourth-order valence-corrected chi connectivity index (χ4v) is 2.85. The van der Waals surface area contributed by atoms with Crippen LogP contribution < -0.4 is 19.9 Å². The first-order valence-electron chi connectivity index (χ1n) is 6.82. The smallest absolute Gasteiger partial charge is 0.161 e. The number of hydrogen-bond donors (Lipinski definition) is 1. The van der Waals surface area contributed by atoms with E-state index in [0.717, 1.165) is 5.56 Å². The van der Waals surface area contributed by atoms with Crippen molar-refractivity contribution in [3.63, 3.8) is 0 Å². The number of ether oxygens (including phenoxy) is 3. The fraction of sp³-hybridized carbons (Fsp3) is 0.250. The highest BCUT2D eigenvalue weighted by Gasteiger charge is 2.10. The molecule has 2 N–H and O–H groups in total. The Morgan fingerprint density at radius 3 is 2.17 bits per heavy atom. The number of nitrogens with two attached hydrogens (primary N) is 1. The summed E-state index contributed by atoms with van der Waals surface area (Å²) in [5, 5.41) is 1.16. The molecule has 0 aliphatic carbocycles. The van der Waals surface area contributed by atoms with Crippen LogP contribution in [0.3, 0.4) is 0 Å². The van der Waals surface area contributed by atoms with Crippen LogP contribution in [0.4, 0.5) is 0 Å². The number of methoxy groups -OCH3 is 1. The predicted molar refractivity (Wildman–Crippen MR) is 93.3 cm³/mol. The molecular weight excluding hydrogens is 361 g/mol. The van der Waals surface area contributed by atoms with Gasteiger partial charge in [-0.1, -0.05) is 40.9 Å². The number of hydrogen-bond acceptors (Lipinski definition) is 4. The maximum Gasteiger partial charge on any atom is 0.161 e. The molecule has 2 aromatic rings. The van der Waals surface area contributed by atoms with Gasteiger partial charge in [-0.2, -0.15) is 0 Å². The van der Waals surface area contributed by atoms with Gasteiger partial charge in [0.05, 0.1) is 17.2 Å². The van der Waals surface area contributed by atoms with Crippen molar-refractivity contribution in [3.05, 3.63) is 51.0 Å². The first-order valence-corrected chi connectivity index (χ1v) is 7.95. The largest absolute Gasteiger partial charge is 0.493 e. The van der Waals surface area contributed by atoms with Gasteiger partial charge in [-0.15, -0.1) is 0 Å². The van der Waals surface area contributed by atoms with Crippen molar-refractivity contribution in [1.82, 2.24) is 0 Å². The molecule has 2 rings (SSSR count). The van der Waals surface area contributed by atoms with Crippen LogP contribution in [0.5, 0.6) is 17.2 Å². The Kier molecular flexibility index (Phi) is 6.66. The molecule has 0 heterocycles. The van der Waals surface area contributed by atoms with Gasteiger partial charge in [-0.25, -0.2) is 0 Å². The number of rotatable bonds is 7. The highest BCUT2D eigenvalue weighted by Crippen LogP contribution is 2.35. The average molecular weight is 377 g/mol. The molecule has 0 aliphatic heterocycles. The van der Waals surface area contributed by atoms with Crippen molar-refractivity contribution in [2.75, 3.05) is 20.3 Å². The maximum absolute atomic E-state index is 6.05. The summed E-state index contributed by atoms with van der Waals surface area (Å²) >= 11 is 17.9. The van der Waals surface area contributed by atoms with Gasteiger partial charge >= 0.3 is 0 Å². The first-order chi connectivity index (χ1) is 11.0. The summed E-state index contributed by atoms with van der Waals surface area (Å²) < 4.78 is 16.5. The van der Waals surface area contributed by atoms with Crippen molar-refractivity contribution in [2.24, 2.45) is 5.73 Å². The molecule has 0 aliphatic rings. The second kappa shape index (κ2) is 8.50. The predicted octanol–water partition coefficient (Wildman–Crippen LogP) is 4.57. The number of halogens is 3. The molecular formula is C16H16Cl3NO3. The third-order valence-corrected chi connectivity index (χ3v) is 3.79. The van der Waals surface area contributed by atoms with Gasteiger partial charge in [0.2, 0.25) is 0 Å². The Morgan fingerprint density at radius 2 is 1.57 bits per heavy atom. The summed E-state index contributed by atoms with van der Waals surface area (Å²) in [4.78, 5) is 0. The van der Waals surface area contributed by atoms with Crippen molar-refractivity contribution in [1.29, 1.82) is 0 Å². The van der Waals surface area contributed by atoms with E-state index in [1.54, 1.807) is 19.2 Å². The lowest BCUT2D eigenvalue weighted by atomic mass is 10.2. The molecule has 7 heteroatoms. The molecule has 0 spiro atoms. The Labute approximate surface area is 150 Å². The summed E-state index contributed by atoms with van der Waals surface area (Å²) in [6.07, 6.45) is 0. The van der Waals surface area contributed by atoms with Gasteiger partial charge in [0.1, 0.15) is 13.2 Å². The van der Waals surface area contributed by atoms with Crippen LogP contribution in [0.1, 0.15) is 5.56 Å². The van der Waals surface area contributed by atoms with Crippen molar-refractivity contribution in [2.45, 2.75) is 6.54 Å². The van der Waals surface area contributed by atoms with E-state index < -0.39 is 0 Å². The Bertz CT molecular complexity index is 657. The molecule has 0 saturated carbocycles. The molecule has 0 saturated heterocycles. The maximum atomic E-state index is 6.05. The quantitative estimate of drug-likeness (QED) is 0.719. The first kappa shape index (κ1) is 18.0. The van der Waals surface area contributed by atoms with Crippen molar-refractivity contribution < 1.29 is 14.2 Å². The Morgan fingerprint density at radius 1 is 0.913 bits per heavy atom. The monoisotopic (exact) mass is 375 g/mol. The van der Waals surface area contributed by atoms with Gasteiger partial charge in [0.15, 0.2) is 17.2 Å². The minimum Gasteiger partial charge on any atom is -0.493 e. The zero-order valence-corrected chi connectivity index (χ0v) is 14.7. The van der Waals surface area contributed by atoms with Gasteiger partial charge in [-0.05, 0) is 29.8 Å². The molecule has 0 radical (unpaired) electrons. The SMILES string of the molecule is COc1cc(CN)ccc1OCCOc1c(Cl)cc(Cl)cc1Cl. The van der Waals surface area contributed by atoms with Crippen molar-refractivity contribution in [3.8, 4) is 17.2 Å². The molecule has 23 heavy (non-hydrogen) atoms. The van der Waals surface area contributed by atoms with Crippen LogP contribution in [-0.2, 0) is 6.54 Å². The molecule has 0 aromatic heterocycles. The van der Waals surface area contributed by atoms with Crippen LogP contribution in [0.25, 0.3) is 0 Å². The summed E-state index contributed by atoms with van der Waals surface area (Å²) in [5.41, 5.74) is 6.56. The lowest BCUT2D eigenvalue weighted by Gasteiger charge is -2.13. The summed E-state index contributed by atoms with van der Waals surface area (Å²) in [6.45, 7) is 1.00. The van der Waals surface area contributed by atoms with E-state index >= 15 is 0 Å². The molecule has 4 nitrogen and oxygen atoms in total. The average Bonchev–Trinajstić information content (AvgIpc) is 2.53. The fourth-order valence-electron chi connectivity index (χ4n) is 1.92. The Hall–Kier alpha value is -1.33. The summed E-state index contributed by atoms with van der Waals surface area (Å²) in [7, 11) is 1.58.